The van der Waals surface area contributed by atoms with Crippen molar-refractivity contribution >= 4 is 0 Å². The third kappa shape index (κ3) is 3.14. The molecule has 6 heteroatoms. The molecule has 0 bridgehead atoms. The van der Waals surface area contributed by atoms with Crippen molar-refractivity contribution in [3.8, 4) is 23.3 Å². The van der Waals surface area contributed by atoms with Gasteiger partial charge in [0, 0.05) is 0 Å². The van der Waals surface area contributed by atoms with Crippen molar-refractivity contribution in [3.63, 3.8) is 0 Å². The number of nitriles is 1. The van der Waals surface area contributed by atoms with E-state index < -0.39 is 0 Å². The van der Waals surface area contributed by atoms with Gasteiger partial charge in [0.1, 0.15) is 29.9 Å². The van der Waals surface area contributed by atoms with E-state index in [1.807, 2.05) is 37.3 Å². The maximum absolute atomic E-state index is 9.38. The Bertz CT molecular complexity index is 846. The first kappa shape index (κ1) is 14.6. The number of nitrogens with zero attached hydrogens (tertiary/aromatic N) is 4. The first-order valence-corrected chi connectivity index (χ1v) is 7.01. The molecular formula is C17H14N4O2. The predicted molar refractivity (Wildman–Crippen MR) is 83.2 cm³/mol. The summed E-state index contributed by atoms with van der Waals surface area (Å²) in [5.74, 6) is 0.866. The number of phenols is 1. The Hall–Kier alpha value is -3.33. The summed E-state index contributed by atoms with van der Waals surface area (Å²) in [5.41, 5.74) is 2.61. The van der Waals surface area contributed by atoms with Gasteiger partial charge in [0.25, 0.3) is 0 Å². The maximum atomic E-state index is 9.38. The molecule has 114 valence electrons. The summed E-state index contributed by atoms with van der Waals surface area (Å²) in [5, 5.41) is 26.4. The van der Waals surface area contributed by atoms with E-state index in [9.17, 15) is 10.4 Å². The average molecular weight is 306 g/mol. The number of benzene rings is 2. The van der Waals surface area contributed by atoms with Crippen LogP contribution in [-0.4, -0.2) is 20.1 Å². The van der Waals surface area contributed by atoms with Crippen LogP contribution in [0.25, 0.3) is 5.69 Å². The number of hydrogen-bond acceptors (Lipinski definition) is 5. The van der Waals surface area contributed by atoms with Gasteiger partial charge in [0.2, 0.25) is 0 Å². The average Bonchev–Trinajstić information content (AvgIpc) is 2.98. The van der Waals surface area contributed by atoms with E-state index in [1.54, 1.807) is 24.3 Å². The minimum Gasteiger partial charge on any atom is -0.508 e. The van der Waals surface area contributed by atoms with E-state index in [0.717, 1.165) is 5.56 Å². The molecule has 6 nitrogen and oxygen atoms in total. The summed E-state index contributed by atoms with van der Waals surface area (Å²) in [6, 6.07) is 16.2. The molecule has 0 atom stereocenters. The lowest BCUT2D eigenvalue weighted by atomic mass is 10.2. The lowest BCUT2D eigenvalue weighted by molar-refractivity contribution is 0.297. The first-order valence-electron chi connectivity index (χ1n) is 7.01. The summed E-state index contributed by atoms with van der Waals surface area (Å²) in [7, 11) is 0. The smallest absolute Gasteiger partial charge is 0.189 e. The molecule has 0 spiro atoms. The standard InChI is InChI=1S/C17H14N4O2/c1-12-2-8-15(9-3-12)23-11-17-16(10-18)19-20-21(17)13-4-6-14(22)7-5-13/h2-9,22H,11H2,1H3. The maximum Gasteiger partial charge on any atom is 0.189 e. The second kappa shape index (κ2) is 6.20. The van der Waals surface area contributed by atoms with Crippen LogP contribution in [0.1, 0.15) is 17.0 Å². The van der Waals surface area contributed by atoms with Crippen LogP contribution in [0, 0.1) is 18.3 Å². The summed E-state index contributed by atoms with van der Waals surface area (Å²) >= 11 is 0. The lowest BCUT2D eigenvalue weighted by Gasteiger charge is -2.09. The third-order valence-electron chi connectivity index (χ3n) is 3.36. The molecule has 0 fully saturated rings. The second-order valence-electron chi connectivity index (χ2n) is 5.03. The molecule has 23 heavy (non-hydrogen) atoms. The molecule has 0 amide bonds. The van der Waals surface area contributed by atoms with Gasteiger partial charge < -0.3 is 9.84 Å². The normalized spacial score (nSPS) is 10.3. The molecule has 2 aromatic carbocycles. The predicted octanol–water partition coefficient (Wildman–Crippen LogP) is 2.73. The van der Waals surface area contributed by atoms with Gasteiger partial charge >= 0.3 is 0 Å². The molecule has 0 aliphatic rings. The molecule has 1 aromatic heterocycles. The topological polar surface area (TPSA) is 84.0 Å². The van der Waals surface area contributed by atoms with E-state index in [-0.39, 0.29) is 18.1 Å². The van der Waals surface area contributed by atoms with E-state index in [2.05, 4.69) is 10.3 Å². The van der Waals surface area contributed by atoms with Crippen molar-refractivity contribution in [2.45, 2.75) is 13.5 Å². The summed E-state index contributed by atoms with van der Waals surface area (Å²) < 4.78 is 7.27. The number of phenolic OH excluding ortho intramolecular Hbond substituents is 1. The lowest BCUT2D eigenvalue weighted by Crippen LogP contribution is -2.07. The number of ether oxygens (including phenoxy) is 1. The van der Waals surface area contributed by atoms with Crippen molar-refractivity contribution < 1.29 is 9.84 Å². The van der Waals surface area contributed by atoms with Gasteiger partial charge in [-0.05, 0) is 43.3 Å². The van der Waals surface area contributed by atoms with Crippen molar-refractivity contribution in [1.29, 1.82) is 5.26 Å². The number of rotatable bonds is 4. The zero-order valence-electron chi connectivity index (χ0n) is 12.5. The Balaban J connectivity index is 1.88. The van der Waals surface area contributed by atoms with E-state index in [4.69, 9.17) is 4.74 Å². The van der Waals surface area contributed by atoms with E-state index >= 15 is 0 Å². The highest BCUT2D eigenvalue weighted by molar-refractivity contribution is 5.39. The van der Waals surface area contributed by atoms with Crippen LogP contribution in [0.5, 0.6) is 11.5 Å². The van der Waals surface area contributed by atoms with Crippen LogP contribution < -0.4 is 4.74 Å². The van der Waals surface area contributed by atoms with Gasteiger partial charge in [0.15, 0.2) is 5.69 Å². The Morgan fingerprint density at radius 2 is 1.83 bits per heavy atom. The van der Waals surface area contributed by atoms with Gasteiger partial charge in [-0.15, -0.1) is 5.10 Å². The molecule has 0 unspecified atom stereocenters. The van der Waals surface area contributed by atoms with Crippen LogP contribution in [-0.2, 0) is 6.61 Å². The van der Waals surface area contributed by atoms with Gasteiger partial charge in [-0.25, -0.2) is 4.68 Å². The molecule has 3 aromatic rings. The summed E-state index contributed by atoms with van der Waals surface area (Å²) in [6.45, 7) is 2.17. The number of aryl methyl sites for hydroxylation is 1. The molecule has 0 radical (unpaired) electrons. The minimum atomic E-state index is 0.159. The molecule has 1 heterocycles. The minimum absolute atomic E-state index is 0.159. The molecule has 0 saturated carbocycles. The van der Waals surface area contributed by atoms with Gasteiger partial charge in [-0.2, -0.15) is 5.26 Å². The fourth-order valence-corrected chi connectivity index (χ4v) is 2.11. The molecule has 0 aliphatic heterocycles. The Morgan fingerprint density at radius 1 is 1.13 bits per heavy atom. The monoisotopic (exact) mass is 306 g/mol. The summed E-state index contributed by atoms with van der Waals surface area (Å²) in [4.78, 5) is 0. The molecule has 0 saturated heterocycles. The number of aromatic hydroxyl groups is 1. The fourth-order valence-electron chi connectivity index (χ4n) is 2.11. The Labute approximate surface area is 133 Å². The quantitative estimate of drug-likeness (QED) is 0.801. The highest BCUT2D eigenvalue weighted by Crippen LogP contribution is 2.19. The van der Waals surface area contributed by atoms with Crippen molar-refractivity contribution in [2.75, 3.05) is 0 Å². The van der Waals surface area contributed by atoms with Crippen molar-refractivity contribution in [2.24, 2.45) is 0 Å². The third-order valence-corrected chi connectivity index (χ3v) is 3.36. The molecule has 3 rings (SSSR count). The van der Waals surface area contributed by atoms with Gasteiger partial charge in [-0.1, -0.05) is 22.9 Å². The van der Waals surface area contributed by atoms with Gasteiger partial charge in [-0.3, -0.25) is 0 Å². The molecular weight excluding hydrogens is 292 g/mol. The largest absolute Gasteiger partial charge is 0.508 e. The molecule has 1 N–H and O–H groups in total. The fraction of sp³-hybridized carbons (Fsp3) is 0.118. The van der Waals surface area contributed by atoms with Crippen LogP contribution in [0.15, 0.2) is 48.5 Å². The highest BCUT2D eigenvalue weighted by atomic mass is 16.5. The summed E-state index contributed by atoms with van der Waals surface area (Å²) in [6.07, 6.45) is 0. The van der Waals surface area contributed by atoms with Crippen LogP contribution in [0.4, 0.5) is 0 Å². The SMILES string of the molecule is Cc1ccc(OCc2c(C#N)nnn2-c2ccc(O)cc2)cc1. The highest BCUT2D eigenvalue weighted by Gasteiger charge is 2.15. The van der Waals surface area contributed by atoms with Crippen LogP contribution >= 0.6 is 0 Å². The second-order valence-corrected chi connectivity index (χ2v) is 5.03. The Kier molecular flexibility index (Phi) is 3.93. The van der Waals surface area contributed by atoms with Crippen molar-refractivity contribution in [1.82, 2.24) is 15.0 Å². The molecule has 0 aliphatic carbocycles. The number of aromatic nitrogens is 3. The van der Waals surface area contributed by atoms with Crippen molar-refractivity contribution in [3.05, 3.63) is 65.5 Å². The van der Waals surface area contributed by atoms with E-state index in [1.165, 1.54) is 4.68 Å². The van der Waals surface area contributed by atoms with E-state index in [0.29, 0.717) is 17.1 Å². The zero-order valence-corrected chi connectivity index (χ0v) is 12.5. The first-order chi connectivity index (χ1) is 11.2. The van der Waals surface area contributed by atoms with Gasteiger partial charge in [0.05, 0.1) is 5.69 Å². The number of hydrogen-bond donors (Lipinski definition) is 1. The zero-order chi connectivity index (χ0) is 16.2. The van der Waals surface area contributed by atoms with Crippen LogP contribution in [0.2, 0.25) is 0 Å². The Morgan fingerprint density at radius 3 is 2.48 bits per heavy atom. The van der Waals surface area contributed by atoms with Crippen LogP contribution in [0.3, 0.4) is 0 Å².